The van der Waals surface area contributed by atoms with E-state index in [1.54, 1.807) is 22.6 Å². The minimum atomic E-state index is -0.703. The molecule has 9 heteroatoms. The molecule has 1 amide bonds. The third kappa shape index (κ3) is 7.67. The zero-order valence-electron chi connectivity index (χ0n) is 28.1. The highest BCUT2D eigenvalue weighted by molar-refractivity contribution is 6.10. The first kappa shape index (κ1) is 34.1. The first-order chi connectivity index (χ1) is 22.5. The molecule has 0 saturated heterocycles. The summed E-state index contributed by atoms with van der Waals surface area (Å²) in [7, 11) is 1.72. The van der Waals surface area contributed by atoms with Crippen LogP contribution in [0.5, 0.6) is 0 Å². The molecule has 2 saturated carbocycles. The van der Waals surface area contributed by atoms with Crippen molar-refractivity contribution in [1.29, 1.82) is 0 Å². The average Bonchev–Trinajstić information content (AvgIpc) is 3.70. The molecule has 3 heterocycles. The van der Waals surface area contributed by atoms with Gasteiger partial charge in [0.05, 0.1) is 12.1 Å². The first-order valence-electron chi connectivity index (χ1n) is 16.6. The van der Waals surface area contributed by atoms with Crippen LogP contribution in [0.2, 0.25) is 0 Å². The monoisotopic (exact) mass is 641 g/mol. The van der Waals surface area contributed by atoms with Crippen molar-refractivity contribution in [2.24, 2.45) is 7.05 Å². The normalized spacial score (nSPS) is 16.0. The SMILES string of the molecule is C=C(C)CC1(O)CCC1.CCC.CCc1ccc2c(c1)C(=O)N(c1cc(-c3c(F)cc(F)cc3-c3nncn3C)cc(C3CC3)n1)C2. The van der Waals surface area contributed by atoms with E-state index in [0.717, 1.165) is 67.0 Å². The number of hydrogen-bond acceptors (Lipinski definition) is 5. The molecule has 2 fully saturated rings. The number of aryl methyl sites for hydroxylation is 2. The number of nitrogens with zero attached hydrogens (tertiary/aromatic N) is 5. The minimum Gasteiger partial charge on any atom is -0.390 e. The second kappa shape index (κ2) is 14.3. The van der Waals surface area contributed by atoms with Crippen molar-refractivity contribution in [3.05, 3.63) is 95.0 Å². The Bertz CT molecular complexity index is 1770. The van der Waals surface area contributed by atoms with Gasteiger partial charge < -0.3 is 9.67 Å². The van der Waals surface area contributed by atoms with Crippen molar-refractivity contribution < 1.29 is 18.7 Å². The minimum absolute atomic E-state index is 0.116. The highest BCUT2D eigenvalue weighted by Gasteiger charge is 2.34. The molecule has 0 atom stereocenters. The van der Waals surface area contributed by atoms with Gasteiger partial charge >= 0.3 is 0 Å². The number of carbonyl (C=O) groups is 1. The standard InChI is InChI=1S/C27H23F2N5O.C8H14O.C3H8/c1-3-15-4-5-17-13-34(27(35)20(17)8-15)24-10-18(9-23(31-24)16-6-7-16)25-21(11-19(28)12-22(25)29)26-32-30-14-33(26)2;1-7(2)6-8(9)4-3-5-8;1-3-2/h4-5,8-12,14,16H,3,6-7,13H2,1-2H3;9H,1,3-6H2,2H3;3H2,1-2H3. The summed E-state index contributed by atoms with van der Waals surface area (Å²) in [5.74, 6) is -0.432. The van der Waals surface area contributed by atoms with Crippen LogP contribution in [0.1, 0.15) is 106 Å². The highest BCUT2D eigenvalue weighted by atomic mass is 19.1. The fraction of sp³-hybridized carbons (Fsp3) is 0.421. The number of benzene rings is 2. The molecule has 47 heavy (non-hydrogen) atoms. The third-order valence-electron chi connectivity index (χ3n) is 8.70. The number of rotatable bonds is 7. The Balaban J connectivity index is 0.000000307. The van der Waals surface area contributed by atoms with Gasteiger partial charge in [-0.1, -0.05) is 44.9 Å². The number of aromatic nitrogens is 4. The summed E-state index contributed by atoms with van der Waals surface area (Å²) in [4.78, 5) is 19.8. The van der Waals surface area contributed by atoms with Crippen LogP contribution in [0.25, 0.3) is 22.5 Å². The van der Waals surface area contributed by atoms with Gasteiger partial charge in [0.1, 0.15) is 23.8 Å². The molecule has 0 radical (unpaired) electrons. The lowest BCUT2D eigenvalue weighted by Crippen LogP contribution is -2.36. The van der Waals surface area contributed by atoms with Crippen LogP contribution < -0.4 is 4.90 Å². The van der Waals surface area contributed by atoms with E-state index >= 15 is 4.39 Å². The fourth-order valence-electron chi connectivity index (χ4n) is 6.05. The molecule has 2 aliphatic carbocycles. The zero-order chi connectivity index (χ0) is 33.9. The fourth-order valence-corrected chi connectivity index (χ4v) is 6.05. The molecule has 4 aromatic rings. The summed E-state index contributed by atoms with van der Waals surface area (Å²) in [5.41, 5.74) is 5.31. The van der Waals surface area contributed by atoms with E-state index in [0.29, 0.717) is 34.9 Å². The maximum atomic E-state index is 15.4. The quantitative estimate of drug-likeness (QED) is 0.204. The lowest BCUT2D eigenvalue weighted by atomic mass is 9.76. The summed E-state index contributed by atoms with van der Waals surface area (Å²) in [6.45, 7) is 12.4. The molecule has 1 aliphatic heterocycles. The van der Waals surface area contributed by atoms with Crippen molar-refractivity contribution in [2.75, 3.05) is 4.90 Å². The highest BCUT2D eigenvalue weighted by Crippen LogP contribution is 2.44. The Morgan fingerprint density at radius 1 is 1.06 bits per heavy atom. The lowest BCUT2D eigenvalue weighted by Gasteiger charge is -2.36. The van der Waals surface area contributed by atoms with E-state index in [1.165, 1.54) is 25.2 Å². The summed E-state index contributed by atoms with van der Waals surface area (Å²) in [6, 6.07) is 11.7. The predicted octanol–water partition coefficient (Wildman–Crippen LogP) is 8.71. The second-order valence-corrected chi connectivity index (χ2v) is 13.1. The topological polar surface area (TPSA) is 84.1 Å². The van der Waals surface area contributed by atoms with Crippen LogP contribution >= 0.6 is 0 Å². The molecule has 2 aromatic heterocycles. The number of fused-ring (bicyclic) bond motifs is 1. The Morgan fingerprint density at radius 2 is 1.79 bits per heavy atom. The molecule has 248 valence electrons. The summed E-state index contributed by atoms with van der Waals surface area (Å²) in [5, 5.41) is 17.5. The zero-order valence-corrected chi connectivity index (χ0v) is 28.1. The van der Waals surface area contributed by atoms with Crippen molar-refractivity contribution in [2.45, 2.75) is 97.1 Å². The van der Waals surface area contributed by atoms with Gasteiger partial charge in [-0.3, -0.25) is 9.69 Å². The van der Waals surface area contributed by atoms with E-state index in [-0.39, 0.29) is 23.0 Å². The molecule has 3 aliphatic rings. The Morgan fingerprint density at radius 3 is 2.34 bits per heavy atom. The number of pyridine rings is 1. The molecular weight excluding hydrogens is 596 g/mol. The van der Waals surface area contributed by atoms with E-state index in [4.69, 9.17) is 4.98 Å². The smallest absolute Gasteiger partial charge is 0.260 e. The Hall–Kier alpha value is -4.24. The van der Waals surface area contributed by atoms with Gasteiger partial charge in [-0.25, -0.2) is 13.8 Å². The maximum absolute atomic E-state index is 15.4. The van der Waals surface area contributed by atoms with Gasteiger partial charge in [0.15, 0.2) is 5.82 Å². The van der Waals surface area contributed by atoms with Crippen molar-refractivity contribution in [3.8, 4) is 22.5 Å². The molecule has 1 N–H and O–H groups in total. The summed E-state index contributed by atoms with van der Waals surface area (Å²) in [6.07, 6.45) is 9.49. The van der Waals surface area contributed by atoms with Crippen LogP contribution in [0.4, 0.5) is 14.6 Å². The van der Waals surface area contributed by atoms with E-state index in [1.807, 2.05) is 31.2 Å². The lowest BCUT2D eigenvalue weighted by molar-refractivity contribution is -0.0320. The summed E-state index contributed by atoms with van der Waals surface area (Å²) >= 11 is 0. The van der Waals surface area contributed by atoms with Gasteiger partial charge in [-0.2, -0.15) is 0 Å². The number of halogens is 2. The van der Waals surface area contributed by atoms with Gasteiger partial charge in [0.25, 0.3) is 5.91 Å². The predicted molar refractivity (Wildman–Crippen MR) is 182 cm³/mol. The van der Waals surface area contributed by atoms with Crippen molar-refractivity contribution in [1.82, 2.24) is 19.7 Å². The average molecular weight is 642 g/mol. The number of amides is 1. The number of carbonyl (C=O) groups excluding carboxylic acids is 1. The number of hydrogen-bond donors (Lipinski definition) is 1. The van der Waals surface area contributed by atoms with Crippen LogP contribution in [0.15, 0.2) is 60.9 Å². The first-order valence-corrected chi connectivity index (χ1v) is 16.6. The molecular formula is C38H45F2N5O2. The van der Waals surface area contributed by atoms with Gasteiger partial charge in [-0.05, 0) is 92.8 Å². The number of anilines is 1. The van der Waals surface area contributed by atoms with E-state index in [9.17, 15) is 14.3 Å². The van der Waals surface area contributed by atoms with Crippen LogP contribution in [-0.2, 0) is 20.0 Å². The van der Waals surface area contributed by atoms with Crippen LogP contribution in [0, 0.1) is 11.6 Å². The maximum Gasteiger partial charge on any atom is 0.260 e. The van der Waals surface area contributed by atoms with Crippen LogP contribution in [-0.4, -0.2) is 36.4 Å². The Labute approximate surface area is 276 Å². The van der Waals surface area contributed by atoms with Gasteiger partial charge in [0, 0.05) is 41.4 Å². The van der Waals surface area contributed by atoms with Crippen molar-refractivity contribution >= 4 is 11.7 Å². The van der Waals surface area contributed by atoms with Crippen molar-refractivity contribution in [3.63, 3.8) is 0 Å². The van der Waals surface area contributed by atoms with Gasteiger partial charge in [-0.15, -0.1) is 16.8 Å². The van der Waals surface area contributed by atoms with Gasteiger partial charge in [0.2, 0.25) is 0 Å². The van der Waals surface area contributed by atoms with E-state index in [2.05, 4.69) is 37.5 Å². The second-order valence-electron chi connectivity index (χ2n) is 13.1. The largest absolute Gasteiger partial charge is 0.390 e. The molecule has 0 unspecified atom stereocenters. The third-order valence-corrected chi connectivity index (χ3v) is 8.70. The van der Waals surface area contributed by atoms with E-state index < -0.39 is 11.6 Å². The Kier molecular flexibility index (Phi) is 10.3. The molecule has 7 rings (SSSR count). The molecule has 0 spiro atoms. The molecule has 7 nitrogen and oxygen atoms in total. The number of aliphatic hydroxyl groups is 1. The van der Waals surface area contributed by atoms with Crippen LogP contribution in [0.3, 0.4) is 0 Å². The molecule has 0 bridgehead atoms. The molecule has 2 aromatic carbocycles. The summed E-state index contributed by atoms with van der Waals surface area (Å²) < 4.78 is 31.3.